The van der Waals surface area contributed by atoms with Crippen LogP contribution in [-0.2, 0) is 4.74 Å². The van der Waals surface area contributed by atoms with Gasteiger partial charge in [0, 0.05) is 26.2 Å². The van der Waals surface area contributed by atoms with Gasteiger partial charge in [0.1, 0.15) is 0 Å². The van der Waals surface area contributed by atoms with Crippen LogP contribution < -0.4 is 5.32 Å². The highest BCUT2D eigenvalue weighted by Crippen LogP contribution is 2.25. The standard InChI is InChI=1S/C17H36N2O/c1-6-8-17(5,13-18-11-15(3)4)14-19-9-10-20-16(7-2)12-19/h15-16,18H,6-14H2,1-5H3. The Balaban J connectivity index is 2.47. The molecule has 0 aliphatic carbocycles. The van der Waals surface area contributed by atoms with Gasteiger partial charge in [-0.25, -0.2) is 0 Å². The number of hydrogen-bond acceptors (Lipinski definition) is 3. The van der Waals surface area contributed by atoms with Gasteiger partial charge >= 0.3 is 0 Å². The summed E-state index contributed by atoms with van der Waals surface area (Å²) in [5.41, 5.74) is 0.388. The van der Waals surface area contributed by atoms with E-state index in [1.54, 1.807) is 0 Å². The second-order valence-electron chi connectivity index (χ2n) is 7.22. The van der Waals surface area contributed by atoms with Crippen molar-refractivity contribution in [1.29, 1.82) is 0 Å². The molecule has 20 heavy (non-hydrogen) atoms. The monoisotopic (exact) mass is 284 g/mol. The fourth-order valence-corrected chi connectivity index (χ4v) is 3.20. The summed E-state index contributed by atoms with van der Waals surface area (Å²) in [6.07, 6.45) is 4.14. The third-order valence-corrected chi connectivity index (χ3v) is 4.24. The predicted octanol–water partition coefficient (Wildman–Crippen LogP) is 3.15. The molecular formula is C17H36N2O. The molecule has 0 spiro atoms. The van der Waals surface area contributed by atoms with Crippen molar-refractivity contribution in [2.24, 2.45) is 11.3 Å². The number of morpholine rings is 1. The molecule has 2 atom stereocenters. The molecule has 1 aliphatic rings. The van der Waals surface area contributed by atoms with Gasteiger partial charge in [0.15, 0.2) is 0 Å². The van der Waals surface area contributed by atoms with Gasteiger partial charge in [-0.2, -0.15) is 0 Å². The molecule has 0 saturated carbocycles. The van der Waals surface area contributed by atoms with Crippen molar-refractivity contribution in [3.63, 3.8) is 0 Å². The first-order chi connectivity index (χ1) is 9.49. The average molecular weight is 284 g/mol. The zero-order chi connectivity index (χ0) is 15.0. The van der Waals surface area contributed by atoms with Crippen molar-refractivity contribution in [3.8, 4) is 0 Å². The summed E-state index contributed by atoms with van der Waals surface area (Å²) < 4.78 is 5.79. The Morgan fingerprint density at radius 2 is 2.10 bits per heavy atom. The van der Waals surface area contributed by atoms with E-state index in [2.05, 4.69) is 44.8 Å². The van der Waals surface area contributed by atoms with E-state index < -0.39 is 0 Å². The summed E-state index contributed by atoms with van der Waals surface area (Å²) in [6.45, 7) is 18.1. The maximum Gasteiger partial charge on any atom is 0.0700 e. The van der Waals surface area contributed by atoms with Crippen molar-refractivity contribution >= 4 is 0 Å². The van der Waals surface area contributed by atoms with E-state index in [0.29, 0.717) is 11.5 Å². The van der Waals surface area contributed by atoms with E-state index in [0.717, 1.165) is 45.1 Å². The molecular weight excluding hydrogens is 248 g/mol. The van der Waals surface area contributed by atoms with Crippen LogP contribution in [0.15, 0.2) is 0 Å². The minimum Gasteiger partial charge on any atom is -0.376 e. The Morgan fingerprint density at radius 1 is 1.35 bits per heavy atom. The van der Waals surface area contributed by atoms with Gasteiger partial charge in [0.25, 0.3) is 0 Å². The molecule has 1 heterocycles. The predicted molar refractivity (Wildman–Crippen MR) is 87.2 cm³/mol. The number of nitrogens with zero attached hydrogens (tertiary/aromatic N) is 1. The number of hydrogen-bond donors (Lipinski definition) is 1. The Hall–Kier alpha value is -0.120. The van der Waals surface area contributed by atoms with E-state index in [1.165, 1.54) is 19.4 Å². The van der Waals surface area contributed by atoms with Gasteiger partial charge < -0.3 is 10.1 Å². The topological polar surface area (TPSA) is 24.5 Å². The molecule has 3 heteroatoms. The molecule has 2 unspecified atom stereocenters. The molecule has 0 aromatic carbocycles. The van der Waals surface area contributed by atoms with Crippen molar-refractivity contribution in [3.05, 3.63) is 0 Å². The van der Waals surface area contributed by atoms with Crippen LogP contribution in [0.2, 0.25) is 0 Å². The lowest BCUT2D eigenvalue weighted by Gasteiger charge is -2.40. The van der Waals surface area contributed by atoms with E-state index >= 15 is 0 Å². The molecule has 1 rings (SSSR count). The molecule has 0 amide bonds. The van der Waals surface area contributed by atoms with Crippen LogP contribution in [0.1, 0.15) is 53.9 Å². The Kier molecular flexibility index (Phi) is 8.08. The fraction of sp³-hybridized carbons (Fsp3) is 1.00. The van der Waals surface area contributed by atoms with E-state index in [1.807, 2.05) is 0 Å². The lowest BCUT2D eigenvalue weighted by Crippen LogP contribution is -2.49. The first-order valence-corrected chi connectivity index (χ1v) is 8.53. The second-order valence-corrected chi connectivity index (χ2v) is 7.22. The zero-order valence-electron chi connectivity index (χ0n) is 14.4. The van der Waals surface area contributed by atoms with Crippen LogP contribution in [0.4, 0.5) is 0 Å². The van der Waals surface area contributed by atoms with Gasteiger partial charge in [-0.15, -0.1) is 0 Å². The van der Waals surface area contributed by atoms with Gasteiger partial charge in [0.2, 0.25) is 0 Å². The summed E-state index contributed by atoms with van der Waals surface area (Å²) in [5, 5.41) is 3.67. The third-order valence-electron chi connectivity index (χ3n) is 4.24. The summed E-state index contributed by atoms with van der Waals surface area (Å²) >= 11 is 0. The van der Waals surface area contributed by atoms with E-state index in [9.17, 15) is 0 Å². The van der Waals surface area contributed by atoms with Crippen LogP contribution in [-0.4, -0.2) is 50.3 Å². The van der Waals surface area contributed by atoms with Crippen molar-refractivity contribution in [2.45, 2.75) is 60.0 Å². The number of ether oxygens (including phenoxy) is 1. The average Bonchev–Trinajstić information content (AvgIpc) is 2.38. The maximum absolute atomic E-state index is 5.79. The van der Waals surface area contributed by atoms with Crippen LogP contribution in [0.5, 0.6) is 0 Å². The van der Waals surface area contributed by atoms with Crippen molar-refractivity contribution in [1.82, 2.24) is 10.2 Å². The molecule has 1 fully saturated rings. The summed E-state index contributed by atoms with van der Waals surface area (Å²) in [7, 11) is 0. The van der Waals surface area contributed by atoms with Crippen LogP contribution in [0.25, 0.3) is 0 Å². The van der Waals surface area contributed by atoms with Gasteiger partial charge in [0.05, 0.1) is 12.7 Å². The Labute approximate surface area is 126 Å². The molecule has 0 bridgehead atoms. The quantitative estimate of drug-likeness (QED) is 0.704. The SMILES string of the molecule is CCCC(C)(CNCC(C)C)CN1CCOC(CC)C1. The minimum atomic E-state index is 0.388. The van der Waals surface area contributed by atoms with Crippen molar-refractivity contribution in [2.75, 3.05) is 39.3 Å². The minimum absolute atomic E-state index is 0.388. The summed E-state index contributed by atoms with van der Waals surface area (Å²) in [6, 6.07) is 0. The molecule has 0 aromatic heterocycles. The molecule has 3 nitrogen and oxygen atoms in total. The normalized spacial score (nSPS) is 24.0. The van der Waals surface area contributed by atoms with Crippen molar-refractivity contribution < 1.29 is 4.74 Å². The summed E-state index contributed by atoms with van der Waals surface area (Å²) in [4.78, 5) is 2.62. The van der Waals surface area contributed by atoms with Crippen LogP contribution >= 0.6 is 0 Å². The van der Waals surface area contributed by atoms with Crippen LogP contribution in [0, 0.1) is 11.3 Å². The van der Waals surface area contributed by atoms with Gasteiger partial charge in [-0.1, -0.05) is 41.0 Å². The first kappa shape index (κ1) is 17.9. The first-order valence-electron chi connectivity index (χ1n) is 8.53. The summed E-state index contributed by atoms with van der Waals surface area (Å²) in [5.74, 6) is 0.730. The number of rotatable bonds is 9. The molecule has 1 saturated heterocycles. The largest absolute Gasteiger partial charge is 0.376 e. The van der Waals surface area contributed by atoms with Gasteiger partial charge in [-0.05, 0) is 30.7 Å². The molecule has 0 aromatic rings. The Morgan fingerprint density at radius 3 is 2.70 bits per heavy atom. The smallest absolute Gasteiger partial charge is 0.0700 e. The molecule has 1 N–H and O–H groups in total. The van der Waals surface area contributed by atoms with Gasteiger partial charge in [-0.3, -0.25) is 4.90 Å². The molecule has 120 valence electrons. The number of nitrogens with one attached hydrogen (secondary N) is 1. The highest BCUT2D eigenvalue weighted by molar-refractivity contribution is 4.83. The molecule has 1 aliphatic heterocycles. The Bertz CT molecular complexity index is 257. The second kappa shape index (κ2) is 9.01. The molecule has 0 radical (unpaired) electrons. The zero-order valence-corrected chi connectivity index (χ0v) is 14.4. The lowest BCUT2D eigenvalue weighted by molar-refractivity contribution is -0.0417. The highest BCUT2D eigenvalue weighted by atomic mass is 16.5. The van der Waals surface area contributed by atoms with E-state index in [4.69, 9.17) is 4.74 Å². The third kappa shape index (κ3) is 6.55. The van der Waals surface area contributed by atoms with Crippen LogP contribution in [0.3, 0.4) is 0 Å². The van der Waals surface area contributed by atoms with E-state index in [-0.39, 0.29) is 0 Å². The lowest BCUT2D eigenvalue weighted by atomic mass is 9.84. The highest BCUT2D eigenvalue weighted by Gasteiger charge is 2.29. The fourth-order valence-electron chi connectivity index (χ4n) is 3.20. The maximum atomic E-state index is 5.79.